The molecule has 0 bridgehead atoms. The number of nitrogens with one attached hydrogen (secondary N) is 1. The van der Waals surface area contributed by atoms with Gasteiger partial charge in [0, 0.05) is 5.75 Å². The lowest BCUT2D eigenvalue weighted by Crippen LogP contribution is -2.46. The molecule has 0 radical (unpaired) electrons. The van der Waals surface area contributed by atoms with Crippen LogP contribution in [0.15, 0.2) is 0 Å². The van der Waals surface area contributed by atoms with Gasteiger partial charge in [0.1, 0.15) is 11.8 Å². The molecule has 0 fully saturated rings. The molecule has 0 aliphatic rings. The van der Waals surface area contributed by atoms with Crippen molar-refractivity contribution in [1.82, 2.24) is 5.32 Å². The van der Waals surface area contributed by atoms with Crippen molar-refractivity contribution in [3.05, 3.63) is 0 Å². The van der Waals surface area contributed by atoms with Crippen molar-refractivity contribution in [2.45, 2.75) is 26.8 Å². The van der Waals surface area contributed by atoms with Crippen LogP contribution >= 0.6 is 0 Å². The molecule has 94 valence electrons. The highest BCUT2D eigenvalue weighted by Crippen LogP contribution is 2.02. The molecule has 0 saturated carbocycles. The maximum Gasteiger partial charge on any atom is 0.326 e. The fourth-order valence-corrected chi connectivity index (χ4v) is 1.72. The van der Waals surface area contributed by atoms with Gasteiger partial charge in [-0.2, -0.15) is 0 Å². The molecule has 0 saturated heterocycles. The van der Waals surface area contributed by atoms with Gasteiger partial charge in [0.05, 0.1) is 0 Å². The van der Waals surface area contributed by atoms with Gasteiger partial charge in [0.2, 0.25) is 5.91 Å². The Morgan fingerprint density at radius 3 is 2.12 bits per heavy atom. The summed E-state index contributed by atoms with van der Waals surface area (Å²) in [5, 5.41) is 11.0. The zero-order valence-electron chi connectivity index (χ0n) is 9.56. The molecule has 1 atom stereocenters. The van der Waals surface area contributed by atoms with Crippen molar-refractivity contribution >= 4 is 21.7 Å². The van der Waals surface area contributed by atoms with Crippen LogP contribution in [0, 0.1) is 5.92 Å². The van der Waals surface area contributed by atoms with Gasteiger partial charge in [-0.25, -0.2) is 13.2 Å². The SMILES string of the molecule is CCS(=O)(=O)CC(=O)NC(C(=O)O)C(C)C. The predicted molar refractivity (Wildman–Crippen MR) is 58.7 cm³/mol. The molecule has 16 heavy (non-hydrogen) atoms. The maximum atomic E-state index is 11.3. The lowest BCUT2D eigenvalue weighted by atomic mass is 10.1. The zero-order valence-corrected chi connectivity index (χ0v) is 10.4. The summed E-state index contributed by atoms with van der Waals surface area (Å²) in [6.07, 6.45) is 0. The molecule has 2 N–H and O–H groups in total. The molecule has 0 heterocycles. The van der Waals surface area contributed by atoms with Crippen LogP contribution < -0.4 is 5.32 Å². The molecule has 0 rings (SSSR count). The third-order valence-corrected chi connectivity index (χ3v) is 3.62. The average Bonchev–Trinajstić information content (AvgIpc) is 2.12. The van der Waals surface area contributed by atoms with Crippen LogP contribution in [-0.4, -0.2) is 42.9 Å². The van der Waals surface area contributed by atoms with Gasteiger partial charge in [-0.1, -0.05) is 20.8 Å². The third kappa shape index (κ3) is 5.11. The molecular weight excluding hydrogens is 234 g/mol. The Bertz CT molecular complexity index is 360. The highest BCUT2D eigenvalue weighted by molar-refractivity contribution is 7.92. The van der Waals surface area contributed by atoms with Gasteiger partial charge in [0.15, 0.2) is 9.84 Å². The van der Waals surface area contributed by atoms with Crippen molar-refractivity contribution in [2.75, 3.05) is 11.5 Å². The molecule has 1 unspecified atom stereocenters. The number of carbonyl (C=O) groups is 2. The number of carbonyl (C=O) groups excluding carboxylic acids is 1. The van der Waals surface area contributed by atoms with Gasteiger partial charge in [0.25, 0.3) is 0 Å². The van der Waals surface area contributed by atoms with Crippen LogP contribution in [0.4, 0.5) is 0 Å². The zero-order chi connectivity index (χ0) is 12.9. The molecular formula is C9H17NO5S. The van der Waals surface area contributed by atoms with E-state index in [9.17, 15) is 18.0 Å². The summed E-state index contributed by atoms with van der Waals surface area (Å²) in [6, 6.07) is -1.06. The van der Waals surface area contributed by atoms with Gasteiger partial charge < -0.3 is 10.4 Å². The minimum atomic E-state index is -3.42. The Kier molecular flexibility index (Phi) is 5.43. The number of hydrogen-bond acceptors (Lipinski definition) is 4. The van der Waals surface area contributed by atoms with Crippen molar-refractivity contribution in [3.63, 3.8) is 0 Å². The summed E-state index contributed by atoms with van der Waals surface area (Å²) < 4.78 is 22.2. The maximum absolute atomic E-state index is 11.3. The van der Waals surface area contributed by atoms with Crippen molar-refractivity contribution in [3.8, 4) is 0 Å². The number of carboxylic acids is 1. The van der Waals surface area contributed by atoms with E-state index in [0.717, 1.165) is 0 Å². The fraction of sp³-hybridized carbons (Fsp3) is 0.778. The monoisotopic (exact) mass is 251 g/mol. The highest BCUT2D eigenvalue weighted by atomic mass is 32.2. The molecule has 1 amide bonds. The van der Waals surface area contributed by atoms with E-state index in [1.54, 1.807) is 13.8 Å². The first kappa shape index (κ1) is 14.9. The summed E-state index contributed by atoms with van der Waals surface area (Å²) >= 11 is 0. The van der Waals surface area contributed by atoms with Crippen molar-refractivity contribution in [1.29, 1.82) is 0 Å². The van der Waals surface area contributed by atoms with E-state index in [1.807, 2.05) is 0 Å². The molecule has 0 aliphatic carbocycles. The predicted octanol–water partition coefficient (Wildman–Crippen LogP) is -0.353. The summed E-state index contributed by atoms with van der Waals surface area (Å²) in [5.41, 5.74) is 0. The Labute approximate surface area is 95.0 Å². The summed E-state index contributed by atoms with van der Waals surface area (Å²) in [6.45, 7) is 4.69. The van der Waals surface area contributed by atoms with Crippen LogP contribution in [-0.2, 0) is 19.4 Å². The first-order chi connectivity index (χ1) is 7.19. The van der Waals surface area contributed by atoms with Gasteiger partial charge in [-0.15, -0.1) is 0 Å². The van der Waals surface area contributed by atoms with E-state index in [4.69, 9.17) is 5.11 Å². The first-order valence-corrected chi connectivity index (χ1v) is 6.74. The quantitative estimate of drug-likeness (QED) is 0.671. The van der Waals surface area contributed by atoms with E-state index in [1.165, 1.54) is 6.92 Å². The number of amides is 1. The van der Waals surface area contributed by atoms with Gasteiger partial charge in [-0.3, -0.25) is 4.79 Å². The van der Waals surface area contributed by atoms with Crippen LogP contribution in [0.1, 0.15) is 20.8 Å². The lowest BCUT2D eigenvalue weighted by Gasteiger charge is -2.17. The largest absolute Gasteiger partial charge is 0.480 e. The number of rotatable bonds is 6. The Hall–Kier alpha value is -1.11. The minimum absolute atomic E-state index is 0.139. The normalized spacial score (nSPS) is 13.5. The first-order valence-electron chi connectivity index (χ1n) is 4.92. The van der Waals surface area contributed by atoms with Crippen LogP contribution in [0.2, 0.25) is 0 Å². The fourth-order valence-electron chi connectivity index (χ4n) is 1.03. The molecule has 0 aliphatic heterocycles. The second kappa shape index (κ2) is 5.83. The summed E-state index contributed by atoms with van der Waals surface area (Å²) in [5.74, 6) is -3.05. The van der Waals surface area contributed by atoms with Crippen LogP contribution in [0.25, 0.3) is 0 Å². The lowest BCUT2D eigenvalue weighted by molar-refractivity contribution is -0.142. The van der Waals surface area contributed by atoms with E-state index in [0.29, 0.717) is 0 Å². The van der Waals surface area contributed by atoms with E-state index in [2.05, 4.69) is 5.32 Å². The minimum Gasteiger partial charge on any atom is -0.480 e. The Morgan fingerprint density at radius 1 is 1.31 bits per heavy atom. The van der Waals surface area contributed by atoms with Crippen LogP contribution in [0.5, 0.6) is 0 Å². The highest BCUT2D eigenvalue weighted by Gasteiger charge is 2.25. The smallest absolute Gasteiger partial charge is 0.326 e. The van der Waals surface area contributed by atoms with E-state index in [-0.39, 0.29) is 11.7 Å². The number of hydrogen-bond donors (Lipinski definition) is 2. The standard InChI is InChI=1S/C9H17NO5S/c1-4-16(14,15)5-7(11)10-8(6(2)3)9(12)13/h6,8H,4-5H2,1-3H3,(H,10,11)(H,12,13). The van der Waals surface area contributed by atoms with Crippen molar-refractivity contribution in [2.24, 2.45) is 5.92 Å². The van der Waals surface area contributed by atoms with Crippen LogP contribution in [0.3, 0.4) is 0 Å². The average molecular weight is 251 g/mol. The second-order valence-corrected chi connectivity index (χ2v) is 6.16. The van der Waals surface area contributed by atoms with Gasteiger partial charge >= 0.3 is 5.97 Å². The molecule has 0 aromatic carbocycles. The molecule has 6 nitrogen and oxygen atoms in total. The number of aliphatic carboxylic acids is 1. The van der Waals surface area contributed by atoms with Gasteiger partial charge in [-0.05, 0) is 5.92 Å². The third-order valence-electron chi connectivity index (χ3n) is 2.04. The summed E-state index contributed by atoms with van der Waals surface area (Å²) in [7, 11) is -3.42. The molecule has 0 spiro atoms. The Balaban J connectivity index is 4.50. The molecule has 0 aromatic heterocycles. The van der Waals surface area contributed by atoms with E-state index < -0.39 is 33.5 Å². The summed E-state index contributed by atoms with van der Waals surface area (Å²) in [4.78, 5) is 22.0. The Morgan fingerprint density at radius 2 is 1.81 bits per heavy atom. The van der Waals surface area contributed by atoms with Crippen molar-refractivity contribution < 1.29 is 23.1 Å². The van der Waals surface area contributed by atoms with E-state index >= 15 is 0 Å². The number of carboxylic acid groups (broad SMARTS) is 1. The molecule has 0 aromatic rings. The molecule has 7 heteroatoms. The number of sulfone groups is 1. The second-order valence-electron chi connectivity index (χ2n) is 3.80. The topological polar surface area (TPSA) is 101 Å².